The van der Waals surface area contributed by atoms with Crippen molar-refractivity contribution in [3.05, 3.63) is 24.2 Å². The van der Waals surface area contributed by atoms with Crippen LogP contribution in [0.2, 0.25) is 0 Å². The largest absolute Gasteiger partial charge is 0.473 e. The van der Waals surface area contributed by atoms with Crippen LogP contribution in [0.25, 0.3) is 0 Å². The summed E-state index contributed by atoms with van der Waals surface area (Å²) in [5, 5.41) is 18.1. The van der Waals surface area contributed by atoms with Crippen molar-refractivity contribution >= 4 is 11.9 Å². The second-order valence-electron chi connectivity index (χ2n) is 10.0. The van der Waals surface area contributed by atoms with Gasteiger partial charge in [-0.3, -0.25) is 0 Å². The fourth-order valence-electron chi connectivity index (χ4n) is 5.93. The molecular weight excluding hydrogens is 462 g/mol. The number of carboxylic acids is 2. The summed E-state index contributed by atoms with van der Waals surface area (Å²) in [5.74, 6) is -2.01. The molecule has 4 saturated heterocycles. The van der Waals surface area contributed by atoms with Crippen molar-refractivity contribution in [3.8, 4) is 0 Å². The van der Waals surface area contributed by atoms with E-state index in [2.05, 4.69) is 19.2 Å². The van der Waals surface area contributed by atoms with Gasteiger partial charge in [0.2, 0.25) is 5.79 Å². The van der Waals surface area contributed by atoms with E-state index in [9.17, 15) is 0 Å². The zero-order valence-corrected chi connectivity index (χ0v) is 20.3. The van der Waals surface area contributed by atoms with Gasteiger partial charge in [-0.2, -0.15) is 0 Å². The van der Waals surface area contributed by atoms with Crippen molar-refractivity contribution in [2.24, 2.45) is 23.7 Å². The third kappa shape index (κ3) is 5.25. The van der Waals surface area contributed by atoms with E-state index in [-0.39, 0.29) is 12.2 Å². The van der Waals surface area contributed by atoms with Gasteiger partial charge < -0.3 is 34.2 Å². The van der Waals surface area contributed by atoms with E-state index in [4.69, 9.17) is 48.2 Å². The van der Waals surface area contributed by atoms with Crippen LogP contribution in [0.3, 0.4) is 0 Å². The predicted octanol–water partition coefficient (Wildman–Crippen LogP) is 2.75. The average Bonchev–Trinajstić information content (AvgIpc) is 3.23. The Balaban J connectivity index is 0.000000431. The van der Waals surface area contributed by atoms with E-state index in [1.54, 1.807) is 6.26 Å². The van der Waals surface area contributed by atoms with Crippen molar-refractivity contribution in [2.45, 2.75) is 77.0 Å². The highest BCUT2D eigenvalue weighted by molar-refractivity contribution is 6.27. The van der Waals surface area contributed by atoms with Gasteiger partial charge >= 0.3 is 11.9 Å². The van der Waals surface area contributed by atoms with Crippen molar-refractivity contribution in [1.29, 1.82) is 0 Å². The van der Waals surface area contributed by atoms with Crippen LogP contribution in [0.5, 0.6) is 0 Å². The van der Waals surface area contributed by atoms with Crippen LogP contribution in [0.15, 0.2) is 22.8 Å². The molecule has 5 heterocycles. The molecule has 3 N–H and O–H groups in total. The predicted molar refractivity (Wildman–Crippen MR) is 118 cm³/mol. The van der Waals surface area contributed by atoms with Gasteiger partial charge in [-0.1, -0.05) is 13.8 Å². The fraction of sp³-hybridized carbons (Fsp3) is 0.750. The summed E-state index contributed by atoms with van der Waals surface area (Å²) in [6.07, 6.45) is 5.09. The number of fused-ring (bicyclic) bond motifs is 2. The summed E-state index contributed by atoms with van der Waals surface area (Å²) in [6.45, 7) is 8.48. The second-order valence-corrected chi connectivity index (χ2v) is 10.0. The second kappa shape index (κ2) is 10.5. The van der Waals surface area contributed by atoms with Gasteiger partial charge in [0.1, 0.15) is 5.76 Å². The van der Waals surface area contributed by atoms with E-state index >= 15 is 0 Å². The monoisotopic (exact) mass is 497 g/mol. The van der Waals surface area contributed by atoms with Crippen molar-refractivity contribution < 1.29 is 48.2 Å². The lowest BCUT2D eigenvalue weighted by Gasteiger charge is -2.60. The summed E-state index contributed by atoms with van der Waals surface area (Å²) < 4.78 is 24.3. The van der Waals surface area contributed by atoms with Crippen LogP contribution in [0.4, 0.5) is 0 Å². The molecule has 11 heteroatoms. The third-order valence-corrected chi connectivity index (χ3v) is 7.72. The van der Waals surface area contributed by atoms with Crippen LogP contribution in [0, 0.1) is 23.7 Å². The standard InChI is InChI=1S/C22H33NO6.C2H2O4/c1-14-6-7-18-15(2)19(25-12-10-23-13-16-5-4-11-24-16)26-20-22(18)17(14)8-9-21(3,27-20)28-29-22;3-1(4)2(5)6/h4-5,11,14-15,17-20,23H,6-10,12-13H2,1-3H3;(H,3,4)(H,5,6)/t14-,15-,17+,18+,19+,20-,21-,22-;/m1./s1. The maximum absolute atomic E-state index is 9.10. The minimum Gasteiger partial charge on any atom is -0.473 e. The Morgan fingerprint density at radius 1 is 1.14 bits per heavy atom. The molecule has 5 fully saturated rings. The molecule has 5 aliphatic rings. The molecule has 196 valence electrons. The zero-order chi connectivity index (χ0) is 25.2. The van der Waals surface area contributed by atoms with Crippen LogP contribution >= 0.6 is 0 Å². The molecule has 4 aliphatic heterocycles. The number of nitrogens with one attached hydrogen (secondary N) is 1. The molecule has 0 aromatic carbocycles. The summed E-state index contributed by atoms with van der Waals surface area (Å²) in [6, 6.07) is 3.85. The van der Waals surface area contributed by atoms with Gasteiger partial charge in [-0.25, -0.2) is 19.4 Å². The van der Waals surface area contributed by atoms with Gasteiger partial charge in [0.25, 0.3) is 0 Å². The molecule has 11 nitrogen and oxygen atoms in total. The van der Waals surface area contributed by atoms with Gasteiger partial charge in [0, 0.05) is 24.8 Å². The van der Waals surface area contributed by atoms with Crippen LogP contribution in [-0.2, 0) is 40.1 Å². The maximum Gasteiger partial charge on any atom is 0.414 e. The molecule has 0 amide bonds. The number of hydrogen-bond donors (Lipinski definition) is 3. The van der Waals surface area contributed by atoms with E-state index < -0.39 is 29.6 Å². The molecule has 1 aromatic rings. The van der Waals surface area contributed by atoms with Crippen LogP contribution in [0.1, 0.15) is 52.2 Å². The number of carboxylic acid groups (broad SMARTS) is 2. The molecule has 8 atom stereocenters. The minimum atomic E-state index is -1.82. The van der Waals surface area contributed by atoms with Crippen LogP contribution < -0.4 is 5.32 Å². The maximum atomic E-state index is 9.10. The van der Waals surface area contributed by atoms with Crippen LogP contribution in [-0.4, -0.2) is 59.3 Å². The summed E-state index contributed by atoms with van der Waals surface area (Å²) in [4.78, 5) is 30.2. The SMILES string of the molecule is C[C@H]1[C@@H](OCCNCc2ccco2)O[C@@H]2O[C@@]3(C)CC[C@H]4[C@H](C)CC[C@@H]1[C@@]24OO3.O=C(O)C(=O)O. The van der Waals surface area contributed by atoms with E-state index in [1.165, 1.54) is 6.42 Å². The summed E-state index contributed by atoms with van der Waals surface area (Å²) in [7, 11) is 0. The smallest absolute Gasteiger partial charge is 0.414 e. The highest BCUT2D eigenvalue weighted by atomic mass is 17.3. The quantitative estimate of drug-likeness (QED) is 0.303. The van der Waals surface area contributed by atoms with Gasteiger partial charge in [0.05, 0.1) is 19.4 Å². The number of ether oxygens (including phenoxy) is 3. The Hall–Kier alpha value is -2.02. The molecule has 2 bridgehead atoms. The first-order chi connectivity index (χ1) is 16.7. The van der Waals surface area contributed by atoms with Gasteiger partial charge in [-0.15, -0.1) is 0 Å². The van der Waals surface area contributed by atoms with Crippen molar-refractivity contribution in [2.75, 3.05) is 13.2 Å². The number of aliphatic carboxylic acids is 2. The molecule has 35 heavy (non-hydrogen) atoms. The Bertz CT molecular complexity index is 866. The fourth-order valence-corrected chi connectivity index (χ4v) is 5.93. The minimum absolute atomic E-state index is 0.209. The topological polar surface area (TPSA) is 146 Å². The zero-order valence-electron chi connectivity index (χ0n) is 20.3. The number of furan rings is 1. The normalized spacial score (nSPS) is 39.6. The molecule has 0 unspecified atom stereocenters. The van der Waals surface area contributed by atoms with E-state index in [0.29, 0.717) is 30.9 Å². The molecule has 0 radical (unpaired) electrons. The third-order valence-electron chi connectivity index (χ3n) is 7.72. The van der Waals surface area contributed by atoms with E-state index in [0.717, 1.165) is 31.6 Å². The Morgan fingerprint density at radius 2 is 1.91 bits per heavy atom. The molecule has 1 aliphatic carbocycles. The van der Waals surface area contributed by atoms with Gasteiger partial charge in [-0.05, 0) is 50.2 Å². The molecular formula is C24H35NO10. The molecule has 6 rings (SSSR count). The first kappa shape index (κ1) is 26.1. The average molecular weight is 498 g/mol. The summed E-state index contributed by atoms with van der Waals surface area (Å²) >= 11 is 0. The Morgan fingerprint density at radius 3 is 2.60 bits per heavy atom. The van der Waals surface area contributed by atoms with E-state index in [1.807, 2.05) is 19.1 Å². The number of hydrogen-bond acceptors (Lipinski definition) is 9. The molecule has 1 aromatic heterocycles. The highest BCUT2D eigenvalue weighted by Gasteiger charge is 2.69. The highest BCUT2D eigenvalue weighted by Crippen LogP contribution is 2.60. The van der Waals surface area contributed by atoms with Gasteiger partial charge in [0.15, 0.2) is 18.2 Å². The number of rotatable bonds is 6. The lowest BCUT2D eigenvalue weighted by Crippen LogP contribution is -2.70. The lowest BCUT2D eigenvalue weighted by molar-refractivity contribution is -0.577. The lowest BCUT2D eigenvalue weighted by atomic mass is 9.58. The Labute approximate surface area is 203 Å². The summed E-state index contributed by atoms with van der Waals surface area (Å²) in [5.41, 5.74) is -0.523. The van der Waals surface area contributed by atoms with Crippen molar-refractivity contribution in [3.63, 3.8) is 0 Å². The molecule has 1 saturated carbocycles. The first-order valence-electron chi connectivity index (χ1n) is 12.2. The Kier molecular flexibility index (Phi) is 7.84. The first-order valence-corrected chi connectivity index (χ1v) is 12.2. The van der Waals surface area contributed by atoms with Crippen molar-refractivity contribution in [1.82, 2.24) is 5.32 Å². The number of carbonyl (C=O) groups is 2. The molecule has 1 spiro atoms.